The molecule has 8 heteroatoms. The number of aryl methyl sites for hydroxylation is 2. The summed E-state index contributed by atoms with van der Waals surface area (Å²) in [7, 11) is 0. The van der Waals surface area contributed by atoms with E-state index in [2.05, 4.69) is 10.4 Å². The molecule has 1 aromatic carbocycles. The van der Waals surface area contributed by atoms with Crippen molar-refractivity contribution in [2.45, 2.75) is 39.8 Å². The van der Waals surface area contributed by atoms with E-state index in [9.17, 15) is 14.4 Å². The van der Waals surface area contributed by atoms with Gasteiger partial charge in [0.1, 0.15) is 6.54 Å². The Bertz CT molecular complexity index is 1090. The van der Waals surface area contributed by atoms with E-state index >= 15 is 0 Å². The van der Waals surface area contributed by atoms with Gasteiger partial charge in [-0.1, -0.05) is 30.3 Å². The lowest BCUT2D eigenvalue weighted by Gasteiger charge is -2.14. The van der Waals surface area contributed by atoms with Crippen molar-refractivity contribution in [3.8, 4) is 0 Å². The number of amides is 1. The molecule has 7 nitrogen and oxygen atoms in total. The minimum atomic E-state index is -0.956. The van der Waals surface area contributed by atoms with Crippen LogP contribution in [0.15, 0.2) is 41.3 Å². The molecule has 0 aliphatic rings. The molecule has 1 amide bonds. The van der Waals surface area contributed by atoms with Crippen LogP contribution in [0.3, 0.4) is 0 Å². The summed E-state index contributed by atoms with van der Waals surface area (Å²) in [4.78, 5) is 38.0. The molecule has 29 heavy (non-hydrogen) atoms. The summed E-state index contributed by atoms with van der Waals surface area (Å²) in [6.45, 7) is 5.42. The van der Waals surface area contributed by atoms with Crippen molar-refractivity contribution in [1.82, 2.24) is 15.1 Å². The number of fused-ring (bicyclic) bond motifs is 1. The van der Waals surface area contributed by atoms with Gasteiger partial charge in [0.15, 0.2) is 6.10 Å². The van der Waals surface area contributed by atoms with Crippen LogP contribution in [-0.2, 0) is 27.3 Å². The van der Waals surface area contributed by atoms with Crippen molar-refractivity contribution in [1.29, 1.82) is 0 Å². The fourth-order valence-corrected chi connectivity index (χ4v) is 3.98. The van der Waals surface area contributed by atoms with Crippen molar-refractivity contribution in [3.63, 3.8) is 0 Å². The molecule has 1 N–H and O–H groups in total. The number of esters is 1. The molecule has 3 rings (SSSR count). The lowest BCUT2D eigenvalue weighted by Crippen LogP contribution is -2.38. The smallest absolute Gasteiger partial charge is 0.328 e. The van der Waals surface area contributed by atoms with Crippen molar-refractivity contribution in [3.05, 3.63) is 62.9 Å². The summed E-state index contributed by atoms with van der Waals surface area (Å²) in [6, 6.07) is 9.77. The van der Waals surface area contributed by atoms with Crippen LogP contribution < -0.4 is 10.9 Å². The van der Waals surface area contributed by atoms with Crippen LogP contribution in [0.25, 0.3) is 10.1 Å². The van der Waals surface area contributed by atoms with Gasteiger partial charge in [0, 0.05) is 11.4 Å². The number of aromatic nitrogens is 2. The van der Waals surface area contributed by atoms with Crippen molar-refractivity contribution < 1.29 is 14.3 Å². The SMILES string of the molecule is Cc1sc2cnn(CC(=O)OC(C)C(=O)NCCc3ccccc3)c(=O)c2c1C. The number of hydrogen-bond donors (Lipinski definition) is 1. The summed E-state index contributed by atoms with van der Waals surface area (Å²) in [5, 5.41) is 7.37. The highest BCUT2D eigenvalue weighted by Crippen LogP contribution is 2.26. The van der Waals surface area contributed by atoms with Gasteiger partial charge in [0.25, 0.3) is 11.5 Å². The predicted octanol–water partition coefficient (Wildman–Crippen LogP) is 2.37. The van der Waals surface area contributed by atoms with Crippen molar-refractivity contribution >= 4 is 33.3 Å². The second kappa shape index (κ2) is 9.00. The van der Waals surface area contributed by atoms with Gasteiger partial charge >= 0.3 is 5.97 Å². The van der Waals surface area contributed by atoms with Crippen molar-refractivity contribution in [2.75, 3.05) is 6.54 Å². The Morgan fingerprint density at radius 3 is 2.69 bits per heavy atom. The number of carbonyl (C=O) groups is 2. The fourth-order valence-electron chi connectivity index (χ4n) is 2.95. The Kier molecular flexibility index (Phi) is 6.43. The molecular weight excluding hydrogens is 390 g/mol. The van der Waals surface area contributed by atoms with Gasteiger partial charge in [-0.3, -0.25) is 14.4 Å². The minimum absolute atomic E-state index is 0.332. The van der Waals surface area contributed by atoms with E-state index < -0.39 is 12.1 Å². The lowest BCUT2D eigenvalue weighted by molar-refractivity contribution is -0.155. The minimum Gasteiger partial charge on any atom is -0.451 e. The Balaban J connectivity index is 1.55. The fraction of sp³-hybridized carbons (Fsp3) is 0.333. The highest BCUT2D eigenvalue weighted by molar-refractivity contribution is 7.19. The molecule has 0 fully saturated rings. The normalized spacial score (nSPS) is 12.0. The van der Waals surface area contributed by atoms with Crippen LogP contribution in [0.4, 0.5) is 0 Å². The Hall–Kier alpha value is -3.00. The third-order valence-electron chi connectivity index (χ3n) is 4.69. The van der Waals surface area contributed by atoms with Gasteiger partial charge in [0.2, 0.25) is 0 Å². The molecule has 0 saturated carbocycles. The number of carbonyl (C=O) groups excluding carboxylic acids is 2. The monoisotopic (exact) mass is 413 g/mol. The molecule has 1 unspecified atom stereocenters. The largest absolute Gasteiger partial charge is 0.451 e. The van der Waals surface area contributed by atoms with Crippen LogP contribution in [0.1, 0.15) is 22.9 Å². The highest BCUT2D eigenvalue weighted by atomic mass is 32.1. The number of nitrogens with one attached hydrogen (secondary N) is 1. The molecule has 152 valence electrons. The molecule has 1 atom stereocenters. The number of ether oxygens (including phenoxy) is 1. The number of benzene rings is 1. The summed E-state index contributed by atoms with van der Waals surface area (Å²) in [6.07, 6.45) is 1.31. The molecule has 0 spiro atoms. The third kappa shape index (κ3) is 4.89. The molecule has 0 saturated heterocycles. The van der Waals surface area contributed by atoms with E-state index in [0.717, 1.165) is 25.4 Å². The Morgan fingerprint density at radius 1 is 1.24 bits per heavy atom. The first-order valence-electron chi connectivity index (χ1n) is 9.33. The number of nitrogens with zero attached hydrogens (tertiary/aromatic N) is 2. The van der Waals surface area contributed by atoms with Crippen LogP contribution >= 0.6 is 11.3 Å². The maximum atomic E-state index is 12.6. The summed E-state index contributed by atoms with van der Waals surface area (Å²) in [5.74, 6) is -1.07. The standard InChI is InChI=1S/C21H23N3O4S/c1-13-15(3)29-17-11-23-24(21(27)19(13)17)12-18(25)28-14(2)20(26)22-10-9-16-7-5-4-6-8-16/h4-8,11,14H,9-10,12H2,1-3H3,(H,22,26). The highest BCUT2D eigenvalue weighted by Gasteiger charge is 2.19. The van der Waals surface area contributed by atoms with Crippen LogP contribution in [0, 0.1) is 13.8 Å². The van der Waals surface area contributed by atoms with Crippen LogP contribution in [-0.4, -0.2) is 34.3 Å². The average Bonchev–Trinajstić information content (AvgIpc) is 2.99. The van der Waals surface area contributed by atoms with Gasteiger partial charge in [0.05, 0.1) is 16.3 Å². The number of rotatable bonds is 7. The maximum absolute atomic E-state index is 12.6. The predicted molar refractivity (Wildman–Crippen MR) is 112 cm³/mol. The van der Waals surface area contributed by atoms with Crippen LogP contribution in [0.2, 0.25) is 0 Å². The van der Waals surface area contributed by atoms with E-state index in [4.69, 9.17) is 4.74 Å². The lowest BCUT2D eigenvalue weighted by atomic mass is 10.1. The number of hydrogen-bond acceptors (Lipinski definition) is 6. The third-order valence-corrected chi connectivity index (χ3v) is 5.83. The zero-order valence-corrected chi connectivity index (χ0v) is 17.4. The first-order chi connectivity index (χ1) is 13.9. The second-order valence-corrected chi connectivity index (χ2v) is 8.04. The van der Waals surface area contributed by atoms with Gasteiger partial charge in [-0.05, 0) is 38.3 Å². The quantitative estimate of drug-likeness (QED) is 0.601. The molecule has 0 aliphatic heterocycles. The Morgan fingerprint density at radius 2 is 1.97 bits per heavy atom. The van der Waals surface area contributed by atoms with Gasteiger partial charge in [-0.2, -0.15) is 5.10 Å². The molecule has 2 heterocycles. The van der Waals surface area contributed by atoms with Crippen LogP contribution in [0.5, 0.6) is 0 Å². The topological polar surface area (TPSA) is 90.3 Å². The molecule has 0 aliphatic carbocycles. The van der Waals surface area contributed by atoms with Gasteiger partial charge in [-0.15, -0.1) is 11.3 Å². The molecular formula is C21H23N3O4S. The first-order valence-corrected chi connectivity index (χ1v) is 10.2. The average molecular weight is 413 g/mol. The summed E-state index contributed by atoms with van der Waals surface area (Å²) < 4.78 is 7.04. The van der Waals surface area contributed by atoms with E-state index in [0.29, 0.717) is 18.4 Å². The van der Waals surface area contributed by atoms with E-state index in [1.807, 2.05) is 44.2 Å². The molecule has 0 bridgehead atoms. The summed E-state index contributed by atoms with van der Waals surface area (Å²) in [5.41, 5.74) is 1.67. The first kappa shape index (κ1) is 20.7. The molecule has 3 aromatic rings. The zero-order valence-electron chi connectivity index (χ0n) is 16.6. The zero-order chi connectivity index (χ0) is 21.0. The molecule has 0 radical (unpaired) electrons. The van der Waals surface area contributed by atoms with E-state index in [1.165, 1.54) is 18.3 Å². The summed E-state index contributed by atoms with van der Waals surface area (Å²) >= 11 is 1.50. The van der Waals surface area contributed by atoms with Gasteiger partial charge in [-0.25, -0.2) is 4.68 Å². The number of thiophene rings is 1. The second-order valence-electron chi connectivity index (χ2n) is 6.79. The van der Waals surface area contributed by atoms with Crippen molar-refractivity contribution in [2.24, 2.45) is 0 Å². The Labute approximate surface area is 172 Å². The van der Waals surface area contributed by atoms with E-state index in [-0.39, 0.29) is 18.0 Å². The van der Waals surface area contributed by atoms with Gasteiger partial charge < -0.3 is 10.1 Å². The maximum Gasteiger partial charge on any atom is 0.328 e. The molecule has 2 aromatic heterocycles. The van der Waals surface area contributed by atoms with E-state index in [1.54, 1.807) is 6.20 Å².